The monoisotopic (exact) mass is 322 g/mol. The van der Waals surface area contributed by atoms with Crippen molar-refractivity contribution in [3.8, 4) is 0 Å². The van der Waals surface area contributed by atoms with E-state index in [1.807, 2.05) is 5.38 Å². The number of carbonyl (C=O) groups is 1. The van der Waals surface area contributed by atoms with Crippen LogP contribution in [0.5, 0.6) is 0 Å². The lowest BCUT2D eigenvalue weighted by molar-refractivity contribution is 0.102. The van der Waals surface area contributed by atoms with Crippen LogP contribution in [0.4, 0.5) is 5.69 Å². The molecule has 1 heterocycles. The molecule has 112 valence electrons. The van der Waals surface area contributed by atoms with E-state index >= 15 is 0 Å². The van der Waals surface area contributed by atoms with E-state index in [9.17, 15) is 9.00 Å². The van der Waals surface area contributed by atoms with Crippen LogP contribution in [0.15, 0.2) is 34.5 Å². The number of carbonyl (C=O) groups excluding carboxylic acids is 1. The average Bonchev–Trinajstić information content (AvgIpc) is 2.94. The first-order chi connectivity index (χ1) is 10.1. The van der Waals surface area contributed by atoms with E-state index in [1.165, 1.54) is 11.3 Å². The van der Waals surface area contributed by atoms with Crippen LogP contribution in [-0.2, 0) is 17.2 Å². The molecule has 0 saturated heterocycles. The molecule has 0 aliphatic carbocycles. The van der Waals surface area contributed by atoms with Gasteiger partial charge < -0.3 is 5.32 Å². The standard InChI is InChI=1S/C15H18N2O2S2/c1-3-4-6-12-10-20-15(17-12)14(18)16-11-7-5-8-13(9-11)21(2)19/h5,7-10H,3-4,6H2,1-2H3,(H,16,18)/t21-/m0/s1. The molecule has 0 bridgehead atoms. The SMILES string of the molecule is CCCCc1csc(C(=O)Nc2cccc([S@](C)=O)c2)n1. The highest BCUT2D eigenvalue weighted by Crippen LogP contribution is 2.17. The Morgan fingerprint density at radius 3 is 2.95 bits per heavy atom. The second-order valence-electron chi connectivity index (χ2n) is 4.68. The van der Waals surface area contributed by atoms with Crippen LogP contribution in [-0.4, -0.2) is 21.4 Å². The highest BCUT2D eigenvalue weighted by molar-refractivity contribution is 7.84. The summed E-state index contributed by atoms with van der Waals surface area (Å²) in [4.78, 5) is 17.2. The molecular formula is C15H18N2O2S2. The summed E-state index contributed by atoms with van der Waals surface area (Å²) in [7, 11) is -1.06. The summed E-state index contributed by atoms with van der Waals surface area (Å²) in [6, 6.07) is 7.05. The zero-order chi connectivity index (χ0) is 15.2. The smallest absolute Gasteiger partial charge is 0.284 e. The van der Waals surface area contributed by atoms with Gasteiger partial charge in [-0.15, -0.1) is 11.3 Å². The fourth-order valence-electron chi connectivity index (χ4n) is 1.82. The minimum absolute atomic E-state index is 0.221. The van der Waals surface area contributed by atoms with Crippen molar-refractivity contribution in [2.24, 2.45) is 0 Å². The Morgan fingerprint density at radius 1 is 1.43 bits per heavy atom. The Morgan fingerprint density at radius 2 is 2.24 bits per heavy atom. The molecule has 0 unspecified atom stereocenters. The van der Waals surface area contributed by atoms with Gasteiger partial charge in [0.25, 0.3) is 5.91 Å². The van der Waals surface area contributed by atoms with E-state index in [0.29, 0.717) is 15.6 Å². The van der Waals surface area contributed by atoms with Crippen LogP contribution in [0.3, 0.4) is 0 Å². The maximum absolute atomic E-state index is 12.1. The molecule has 4 nitrogen and oxygen atoms in total. The van der Waals surface area contributed by atoms with E-state index in [0.717, 1.165) is 25.0 Å². The minimum atomic E-state index is -1.06. The second-order valence-corrected chi connectivity index (χ2v) is 6.92. The number of nitrogens with one attached hydrogen (secondary N) is 1. The van der Waals surface area contributed by atoms with Crippen LogP contribution >= 0.6 is 11.3 Å². The number of benzene rings is 1. The number of rotatable bonds is 6. The summed E-state index contributed by atoms with van der Waals surface area (Å²) in [5.74, 6) is -0.221. The number of hydrogen-bond acceptors (Lipinski definition) is 4. The third-order valence-electron chi connectivity index (χ3n) is 2.96. The number of aryl methyl sites for hydroxylation is 1. The molecule has 2 rings (SSSR count). The fraction of sp³-hybridized carbons (Fsp3) is 0.333. The van der Waals surface area contributed by atoms with E-state index in [-0.39, 0.29) is 5.91 Å². The lowest BCUT2D eigenvalue weighted by atomic mass is 10.2. The van der Waals surface area contributed by atoms with Crippen molar-refractivity contribution in [3.05, 3.63) is 40.3 Å². The van der Waals surface area contributed by atoms with Gasteiger partial charge in [-0.05, 0) is 31.0 Å². The average molecular weight is 322 g/mol. The molecule has 1 amide bonds. The maximum Gasteiger partial charge on any atom is 0.284 e. The van der Waals surface area contributed by atoms with E-state index < -0.39 is 10.8 Å². The van der Waals surface area contributed by atoms with Crippen LogP contribution in [0.1, 0.15) is 35.3 Å². The molecule has 6 heteroatoms. The second kappa shape index (κ2) is 7.47. The zero-order valence-corrected chi connectivity index (χ0v) is 13.7. The molecule has 21 heavy (non-hydrogen) atoms. The molecular weight excluding hydrogens is 304 g/mol. The van der Waals surface area contributed by atoms with Crippen molar-refractivity contribution >= 4 is 33.7 Å². The molecule has 1 aromatic heterocycles. The third kappa shape index (κ3) is 4.47. The molecule has 0 aliphatic heterocycles. The van der Waals surface area contributed by atoms with Gasteiger partial charge in [0.05, 0.1) is 5.69 Å². The van der Waals surface area contributed by atoms with Crippen molar-refractivity contribution in [1.29, 1.82) is 0 Å². The number of anilines is 1. The molecule has 0 fully saturated rings. The van der Waals surface area contributed by atoms with E-state index in [2.05, 4.69) is 17.2 Å². The predicted octanol–water partition coefficient (Wildman–Crippen LogP) is 3.48. The van der Waals surface area contributed by atoms with Gasteiger partial charge in [-0.2, -0.15) is 0 Å². The fourth-order valence-corrected chi connectivity index (χ4v) is 3.13. The van der Waals surface area contributed by atoms with E-state index in [1.54, 1.807) is 30.5 Å². The molecule has 1 aromatic carbocycles. The molecule has 1 N–H and O–H groups in total. The van der Waals surface area contributed by atoms with Gasteiger partial charge in [0, 0.05) is 33.0 Å². The molecule has 2 aromatic rings. The Bertz CT molecular complexity index is 653. The zero-order valence-electron chi connectivity index (χ0n) is 12.1. The van der Waals surface area contributed by atoms with Gasteiger partial charge >= 0.3 is 0 Å². The van der Waals surface area contributed by atoms with Crippen LogP contribution in [0, 0.1) is 0 Å². The number of aromatic nitrogens is 1. The maximum atomic E-state index is 12.1. The Balaban J connectivity index is 2.05. The number of unbranched alkanes of at least 4 members (excludes halogenated alkanes) is 1. The van der Waals surface area contributed by atoms with Crippen molar-refractivity contribution in [1.82, 2.24) is 4.98 Å². The highest BCUT2D eigenvalue weighted by Gasteiger charge is 2.11. The van der Waals surface area contributed by atoms with Gasteiger partial charge in [-0.25, -0.2) is 4.98 Å². The first-order valence-electron chi connectivity index (χ1n) is 6.79. The van der Waals surface area contributed by atoms with Crippen LogP contribution in [0.2, 0.25) is 0 Å². The first kappa shape index (κ1) is 15.9. The summed E-state index contributed by atoms with van der Waals surface area (Å²) in [5.41, 5.74) is 1.61. The molecule has 0 radical (unpaired) electrons. The number of hydrogen-bond donors (Lipinski definition) is 1. The number of nitrogens with zero attached hydrogens (tertiary/aromatic N) is 1. The van der Waals surface area contributed by atoms with Gasteiger partial charge in [0.15, 0.2) is 5.01 Å². The predicted molar refractivity (Wildman–Crippen MR) is 87.5 cm³/mol. The largest absolute Gasteiger partial charge is 0.320 e. The Hall–Kier alpha value is -1.53. The molecule has 0 spiro atoms. The van der Waals surface area contributed by atoms with Gasteiger partial charge in [-0.3, -0.25) is 9.00 Å². The van der Waals surface area contributed by atoms with Gasteiger partial charge in [0.2, 0.25) is 0 Å². The summed E-state index contributed by atoms with van der Waals surface area (Å²) in [6.45, 7) is 2.13. The highest BCUT2D eigenvalue weighted by atomic mass is 32.2. The van der Waals surface area contributed by atoms with Crippen LogP contribution in [0.25, 0.3) is 0 Å². The van der Waals surface area contributed by atoms with E-state index in [4.69, 9.17) is 0 Å². The number of thiazole rings is 1. The van der Waals surface area contributed by atoms with Crippen LogP contribution < -0.4 is 5.32 Å². The molecule has 0 aliphatic rings. The summed E-state index contributed by atoms with van der Waals surface area (Å²) >= 11 is 1.35. The number of amides is 1. The van der Waals surface area contributed by atoms with Gasteiger partial charge in [-0.1, -0.05) is 19.4 Å². The quantitative estimate of drug-likeness (QED) is 0.886. The summed E-state index contributed by atoms with van der Waals surface area (Å²) in [5, 5.41) is 5.19. The lowest BCUT2D eigenvalue weighted by Crippen LogP contribution is -2.12. The summed E-state index contributed by atoms with van der Waals surface area (Å²) < 4.78 is 11.4. The Kier molecular flexibility index (Phi) is 5.64. The van der Waals surface area contributed by atoms with Gasteiger partial charge in [0.1, 0.15) is 0 Å². The van der Waals surface area contributed by atoms with Crippen molar-refractivity contribution < 1.29 is 9.00 Å². The third-order valence-corrected chi connectivity index (χ3v) is 4.76. The lowest BCUT2D eigenvalue weighted by Gasteiger charge is -2.04. The minimum Gasteiger partial charge on any atom is -0.320 e. The summed E-state index contributed by atoms with van der Waals surface area (Å²) in [6.07, 6.45) is 4.71. The molecule has 1 atom stereocenters. The van der Waals surface area contributed by atoms with Crippen molar-refractivity contribution in [2.75, 3.05) is 11.6 Å². The topological polar surface area (TPSA) is 59.1 Å². The Labute approximate surface area is 131 Å². The normalized spacial score (nSPS) is 12.1. The molecule has 0 saturated carbocycles. The van der Waals surface area contributed by atoms with Crippen molar-refractivity contribution in [3.63, 3.8) is 0 Å². The van der Waals surface area contributed by atoms with Crippen molar-refractivity contribution in [2.45, 2.75) is 31.1 Å². The first-order valence-corrected chi connectivity index (χ1v) is 9.23.